The zero-order valence-electron chi connectivity index (χ0n) is 10.5. The van der Waals surface area contributed by atoms with Crippen molar-refractivity contribution in [1.29, 1.82) is 0 Å². The van der Waals surface area contributed by atoms with Crippen molar-refractivity contribution >= 4 is 11.0 Å². The summed E-state index contributed by atoms with van der Waals surface area (Å²) in [7, 11) is 1.56. The van der Waals surface area contributed by atoms with E-state index in [1.54, 1.807) is 13.2 Å². The lowest BCUT2D eigenvalue weighted by molar-refractivity contribution is 0.404. The second-order valence-corrected chi connectivity index (χ2v) is 5.08. The molecule has 0 aliphatic rings. The second-order valence-electron chi connectivity index (χ2n) is 5.08. The van der Waals surface area contributed by atoms with Crippen LogP contribution in [0.1, 0.15) is 26.3 Å². The summed E-state index contributed by atoms with van der Waals surface area (Å²) in [5, 5.41) is 0.883. The van der Waals surface area contributed by atoms with Crippen molar-refractivity contribution in [2.45, 2.75) is 26.2 Å². The number of methoxy groups -OCH3 is 1. The van der Waals surface area contributed by atoms with Crippen molar-refractivity contribution in [3.63, 3.8) is 0 Å². The zero-order valence-corrected chi connectivity index (χ0v) is 10.5. The summed E-state index contributed by atoms with van der Waals surface area (Å²) in [5.41, 5.74) is 0.665. The third-order valence-corrected chi connectivity index (χ3v) is 2.75. The highest BCUT2D eigenvalue weighted by molar-refractivity contribution is 5.82. The van der Waals surface area contributed by atoms with Gasteiger partial charge < -0.3 is 9.15 Å². The third-order valence-electron chi connectivity index (χ3n) is 2.75. The first-order valence-corrected chi connectivity index (χ1v) is 5.55. The fourth-order valence-corrected chi connectivity index (χ4v) is 1.80. The van der Waals surface area contributed by atoms with E-state index in [4.69, 9.17) is 9.15 Å². The molecule has 17 heavy (non-hydrogen) atoms. The molecule has 0 aliphatic heterocycles. The van der Waals surface area contributed by atoms with Crippen molar-refractivity contribution in [3.05, 3.63) is 40.2 Å². The van der Waals surface area contributed by atoms with Crippen molar-refractivity contribution in [2.75, 3.05) is 7.11 Å². The van der Waals surface area contributed by atoms with E-state index in [2.05, 4.69) is 0 Å². The topological polar surface area (TPSA) is 39.4 Å². The van der Waals surface area contributed by atoms with Gasteiger partial charge in [-0.15, -0.1) is 0 Å². The summed E-state index contributed by atoms with van der Waals surface area (Å²) in [4.78, 5) is 11.9. The van der Waals surface area contributed by atoms with Crippen LogP contribution in [0.2, 0.25) is 0 Å². The SMILES string of the molecule is COc1cccc2cc(C(C)(C)C)c(=O)oc12. The molecule has 0 unspecified atom stereocenters. The molecule has 0 aliphatic carbocycles. The number of hydrogen-bond donors (Lipinski definition) is 0. The first kappa shape index (κ1) is 11.7. The van der Waals surface area contributed by atoms with Crippen molar-refractivity contribution in [2.24, 2.45) is 0 Å². The molecule has 90 valence electrons. The van der Waals surface area contributed by atoms with Gasteiger partial charge in [0.1, 0.15) is 0 Å². The van der Waals surface area contributed by atoms with Crippen LogP contribution in [-0.2, 0) is 5.41 Å². The molecule has 1 aromatic heterocycles. The fourth-order valence-electron chi connectivity index (χ4n) is 1.80. The van der Waals surface area contributed by atoms with Gasteiger partial charge in [0.2, 0.25) is 0 Å². The molecular weight excluding hydrogens is 216 g/mol. The predicted octanol–water partition coefficient (Wildman–Crippen LogP) is 3.10. The molecule has 0 radical (unpaired) electrons. The average molecular weight is 232 g/mol. The maximum atomic E-state index is 11.9. The van der Waals surface area contributed by atoms with Crippen LogP contribution in [0.3, 0.4) is 0 Å². The average Bonchev–Trinajstić information content (AvgIpc) is 2.26. The number of ether oxygens (including phenoxy) is 1. The molecule has 3 nitrogen and oxygen atoms in total. The zero-order chi connectivity index (χ0) is 12.6. The van der Waals surface area contributed by atoms with Gasteiger partial charge in [0.05, 0.1) is 7.11 Å². The van der Waals surface area contributed by atoms with E-state index in [-0.39, 0.29) is 11.0 Å². The lowest BCUT2D eigenvalue weighted by Crippen LogP contribution is -2.21. The predicted molar refractivity (Wildman–Crippen MR) is 67.7 cm³/mol. The highest BCUT2D eigenvalue weighted by Gasteiger charge is 2.20. The second kappa shape index (κ2) is 3.91. The van der Waals surface area contributed by atoms with Crippen LogP contribution in [0.5, 0.6) is 5.75 Å². The van der Waals surface area contributed by atoms with E-state index < -0.39 is 0 Å². The Morgan fingerprint density at radius 1 is 1.24 bits per heavy atom. The molecule has 2 aromatic rings. The molecule has 0 fully saturated rings. The minimum atomic E-state index is -0.297. The Bertz CT molecular complexity index is 603. The molecular formula is C14H16O3. The Labute approximate surface area is 100 Å². The van der Waals surface area contributed by atoms with Gasteiger partial charge in [0.15, 0.2) is 11.3 Å². The van der Waals surface area contributed by atoms with Crippen LogP contribution in [0.15, 0.2) is 33.5 Å². The van der Waals surface area contributed by atoms with E-state index in [1.807, 2.05) is 39.0 Å². The molecule has 2 rings (SSSR count). The van der Waals surface area contributed by atoms with Crippen LogP contribution in [0, 0.1) is 0 Å². The smallest absolute Gasteiger partial charge is 0.340 e. The van der Waals surface area contributed by atoms with Crippen molar-refractivity contribution in [3.8, 4) is 5.75 Å². The third kappa shape index (κ3) is 2.05. The summed E-state index contributed by atoms with van der Waals surface area (Å²) >= 11 is 0. The van der Waals surface area contributed by atoms with Crippen LogP contribution in [0.4, 0.5) is 0 Å². The van der Waals surface area contributed by atoms with Gasteiger partial charge in [-0.1, -0.05) is 32.9 Å². The van der Waals surface area contributed by atoms with Gasteiger partial charge in [-0.2, -0.15) is 0 Å². The number of rotatable bonds is 1. The summed E-state index contributed by atoms with van der Waals surface area (Å²) in [6.45, 7) is 5.97. The summed E-state index contributed by atoms with van der Waals surface area (Å²) in [6, 6.07) is 7.45. The largest absolute Gasteiger partial charge is 0.493 e. The Hall–Kier alpha value is -1.77. The molecule has 0 atom stereocenters. The molecule has 0 spiro atoms. The summed E-state index contributed by atoms with van der Waals surface area (Å²) < 4.78 is 10.5. The lowest BCUT2D eigenvalue weighted by Gasteiger charge is -2.17. The van der Waals surface area contributed by atoms with Crippen LogP contribution in [0.25, 0.3) is 11.0 Å². The molecule has 0 saturated carbocycles. The molecule has 1 aromatic carbocycles. The van der Waals surface area contributed by atoms with E-state index in [9.17, 15) is 4.79 Å². The molecule has 0 amide bonds. The van der Waals surface area contributed by atoms with Gasteiger partial charge >= 0.3 is 5.63 Å². The molecule has 0 N–H and O–H groups in total. The Morgan fingerprint density at radius 3 is 2.53 bits per heavy atom. The Balaban J connectivity index is 2.80. The van der Waals surface area contributed by atoms with Crippen LogP contribution in [-0.4, -0.2) is 7.11 Å². The number of benzene rings is 1. The number of fused-ring (bicyclic) bond motifs is 1. The van der Waals surface area contributed by atoms with Gasteiger partial charge in [0, 0.05) is 10.9 Å². The highest BCUT2D eigenvalue weighted by atomic mass is 16.5. The van der Waals surface area contributed by atoms with E-state index >= 15 is 0 Å². The van der Waals surface area contributed by atoms with Gasteiger partial charge in [0.25, 0.3) is 0 Å². The van der Waals surface area contributed by atoms with Crippen molar-refractivity contribution < 1.29 is 9.15 Å². The minimum Gasteiger partial charge on any atom is -0.493 e. The fraction of sp³-hybridized carbons (Fsp3) is 0.357. The molecule has 0 saturated heterocycles. The summed E-state index contributed by atoms with van der Waals surface area (Å²) in [6.07, 6.45) is 0. The van der Waals surface area contributed by atoms with Crippen LogP contribution >= 0.6 is 0 Å². The quantitative estimate of drug-likeness (QED) is 0.709. The van der Waals surface area contributed by atoms with E-state index in [0.29, 0.717) is 16.9 Å². The maximum absolute atomic E-state index is 11.9. The summed E-state index contributed by atoms with van der Waals surface area (Å²) in [5.74, 6) is 0.583. The molecule has 3 heteroatoms. The molecule has 0 bridgehead atoms. The van der Waals surface area contributed by atoms with Gasteiger partial charge in [-0.25, -0.2) is 4.79 Å². The van der Waals surface area contributed by atoms with Crippen LogP contribution < -0.4 is 10.4 Å². The standard InChI is InChI=1S/C14H16O3/c1-14(2,3)10-8-9-6-5-7-11(16-4)12(9)17-13(10)15/h5-8H,1-4H3. The highest BCUT2D eigenvalue weighted by Crippen LogP contribution is 2.27. The Morgan fingerprint density at radius 2 is 1.94 bits per heavy atom. The van der Waals surface area contributed by atoms with Gasteiger partial charge in [-0.3, -0.25) is 0 Å². The first-order chi connectivity index (χ1) is 7.93. The Kier molecular flexibility index (Phi) is 2.69. The normalized spacial score (nSPS) is 11.8. The van der Waals surface area contributed by atoms with E-state index in [1.165, 1.54) is 0 Å². The minimum absolute atomic E-state index is 0.224. The van der Waals surface area contributed by atoms with E-state index in [0.717, 1.165) is 5.39 Å². The number of hydrogen-bond acceptors (Lipinski definition) is 3. The maximum Gasteiger partial charge on any atom is 0.340 e. The lowest BCUT2D eigenvalue weighted by atomic mass is 9.88. The van der Waals surface area contributed by atoms with Crippen molar-refractivity contribution in [1.82, 2.24) is 0 Å². The number of para-hydroxylation sites is 1. The molecule has 1 heterocycles. The first-order valence-electron chi connectivity index (χ1n) is 5.55. The van der Waals surface area contributed by atoms with Gasteiger partial charge in [-0.05, 0) is 17.5 Å². The monoisotopic (exact) mass is 232 g/mol.